The lowest BCUT2D eigenvalue weighted by atomic mass is 10.1. The number of likely N-dealkylation sites (N-methyl/N-ethyl adjacent to an activating group) is 1. The van der Waals surface area contributed by atoms with E-state index in [9.17, 15) is 4.79 Å². The molecule has 2 aromatic carbocycles. The molecule has 2 atom stereocenters. The van der Waals surface area contributed by atoms with Gasteiger partial charge < -0.3 is 5.32 Å². The summed E-state index contributed by atoms with van der Waals surface area (Å²) in [6.45, 7) is 3.94. The molecule has 1 amide bonds. The Hall–Kier alpha value is -3.50. The molecule has 142 valence electrons. The molecule has 0 aliphatic rings. The maximum Gasteiger partial charge on any atom is 0.241 e. The Labute approximate surface area is 164 Å². The van der Waals surface area contributed by atoms with Crippen molar-refractivity contribution in [2.24, 2.45) is 0 Å². The van der Waals surface area contributed by atoms with E-state index in [0.717, 1.165) is 11.3 Å². The lowest BCUT2D eigenvalue weighted by Crippen LogP contribution is -2.40. The molecule has 0 fully saturated rings. The van der Waals surface area contributed by atoms with Crippen LogP contribution in [0, 0.1) is 11.3 Å². The van der Waals surface area contributed by atoms with E-state index in [2.05, 4.69) is 28.4 Å². The minimum absolute atomic E-state index is 0.0477. The minimum Gasteiger partial charge on any atom is -0.325 e. The molecule has 0 aliphatic carbocycles. The molecule has 0 saturated heterocycles. The van der Waals surface area contributed by atoms with E-state index in [1.165, 1.54) is 6.33 Å². The van der Waals surface area contributed by atoms with Crippen molar-refractivity contribution in [3.05, 3.63) is 72.3 Å². The maximum atomic E-state index is 12.6. The van der Waals surface area contributed by atoms with Gasteiger partial charge >= 0.3 is 0 Å². The van der Waals surface area contributed by atoms with Crippen LogP contribution in [0.25, 0.3) is 5.69 Å². The van der Waals surface area contributed by atoms with E-state index in [4.69, 9.17) is 5.26 Å². The fourth-order valence-electron chi connectivity index (χ4n) is 2.88. The summed E-state index contributed by atoms with van der Waals surface area (Å²) < 4.78 is 1.70. The van der Waals surface area contributed by atoms with Gasteiger partial charge in [-0.1, -0.05) is 12.1 Å². The third-order valence-corrected chi connectivity index (χ3v) is 4.94. The van der Waals surface area contributed by atoms with Gasteiger partial charge in [0.05, 0.1) is 23.4 Å². The highest BCUT2D eigenvalue weighted by Gasteiger charge is 2.23. The van der Waals surface area contributed by atoms with Crippen LogP contribution in [0.4, 0.5) is 5.69 Å². The van der Waals surface area contributed by atoms with E-state index in [0.29, 0.717) is 11.3 Å². The van der Waals surface area contributed by atoms with Crippen molar-refractivity contribution in [1.82, 2.24) is 19.7 Å². The zero-order valence-electron chi connectivity index (χ0n) is 16.1. The largest absolute Gasteiger partial charge is 0.325 e. The van der Waals surface area contributed by atoms with E-state index in [1.807, 2.05) is 43.1 Å². The molecule has 0 saturated carbocycles. The molecular weight excluding hydrogens is 352 g/mol. The Kier molecular flexibility index (Phi) is 5.82. The average Bonchev–Trinajstić information content (AvgIpc) is 3.27. The van der Waals surface area contributed by atoms with Gasteiger partial charge in [-0.05, 0) is 62.9 Å². The predicted molar refractivity (Wildman–Crippen MR) is 107 cm³/mol. The van der Waals surface area contributed by atoms with Crippen LogP contribution >= 0.6 is 0 Å². The van der Waals surface area contributed by atoms with Crippen molar-refractivity contribution < 1.29 is 4.79 Å². The van der Waals surface area contributed by atoms with Crippen molar-refractivity contribution in [1.29, 1.82) is 5.26 Å². The summed E-state index contributed by atoms with van der Waals surface area (Å²) in [4.78, 5) is 18.6. The predicted octanol–water partition coefficient (Wildman–Crippen LogP) is 3.16. The molecule has 0 unspecified atom stereocenters. The van der Waals surface area contributed by atoms with Crippen LogP contribution in [-0.2, 0) is 4.79 Å². The molecule has 0 radical (unpaired) electrons. The highest BCUT2D eigenvalue weighted by atomic mass is 16.2. The van der Waals surface area contributed by atoms with Gasteiger partial charge in [-0.3, -0.25) is 9.69 Å². The van der Waals surface area contributed by atoms with E-state index >= 15 is 0 Å². The summed E-state index contributed by atoms with van der Waals surface area (Å²) in [5, 5.41) is 15.9. The number of amides is 1. The molecule has 28 heavy (non-hydrogen) atoms. The molecule has 0 aliphatic heterocycles. The quantitative estimate of drug-likeness (QED) is 0.716. The Morgan fingerprint density at radius 3 is 2.39 bits per heavy atom. The fraction of sp³-hybridized carbons (Fsp3) is 0.238. The van der Waals surface area contributed by atoms with Crippen molar-refractivity contribution in [3.63, 3.8) is 0 Å². The number of carbonyl (C=O) groups is 1. The first-order valence-electron chi connectivity index (χ1n) is 8.97. The monoisotopic (exact) mass is 374 g/mol. The number of rotatable bonds is 6. The lowest BCUT2D eigenvalue weighted by molar-refractivity contribution is -0.121. The van der Waals surface area contributed by atoms with Gasteiger partial charge in [0.15, 0.2) is 0 Å². The Bertz CT molecular complexity index is 958. The average molecular weight is 374 g/mol. The summed E-state index contributed by atoms with van der Waals surface area (Å²) in [6.07, 6.45) is 3.15. The van der Waals surface area contributed by atoms with E-state index < -0.39 is 0 Å². The molecule has 0 spiro atoms. The van der Waals surface area contributed by atoms with Crippen LogP contribution in [0.3, 0.4) is 0 Å². The van der Waals surface area contributed by atoms with Gasteiger partial charge in [-0.15, -0.1) is 0 Å². The van der Waals surface area contributed by atoms with E-state index in [-0.39, 0.29) is 18.0 Å². The number of carbonyl (C=O) groups excluding carboxylic acids is 1. The standard InChI is InChI=1S/C21H22N6O/c1-15(18-6-10-20(11-7-18)27-14-23-13-24-27)26(3)16(2)21(28)25-19-8-4-17(12-22)5-9-19/h4-11,13-16H,1-3H3,(H,25,28)/t15-,16-/m1/s1. The molecule has 7 nitrogen and oxygen atoms in total. The molecule has 3 aromatic rings. The minimum atomic E-state index is -0.333. The van der Waals surface area contributed by atoms with Crippen LogP contribution in [0.15, 0.2) is 61.2 Å². The van der Waals surface area contributed by atoms with Crippen molar-refractivity contribution in [2.75, 3.05) is 12.4 Å². The lowest BCUT2D eigenvalue weighted by Gasteiger charge is -2.30. The topological polar surface area (TPSA) is 86.8 Å². The molecule has 7 heteroatoms. The second-order valence-electron chi connectivity index (χ2n) is 6.63. The maximum absolute atomic E-state index is 12.6. The molecule has 1 aromatic heterocycles. The van der Waals surface area contributed by atoms with Crippen LogP contribution in [0.1, 0.15) is 31.0 Å². The highest BCUT2D eigenvalue weighted by Crippen LogP contribution is 2.22. The third-order valence-electron chi connectivity index (χ3n) is 4.94. The number of benzene rings is 2. The smallest absolute Gasteiger partial charge is 0.241 e. The highest BCUT2D eigenvalue weighted by molar-refractivity contribution is 5.94. The molecule has 1 heterocycles. The number of nitriles is 1. The summed E-state index contributed by atoms with van der Waals surface area (Å²) in [5.41, 5.74) is 3.27. The third kappa shape index (κ3) is 4.24. The molecule has 1 N–H and O–H groups in total. The van der Waals surface area contributed by atoms with Crippen LogP contribution < -0.4 is 5.32 Å². The van der Waals surface area contributed by atoms with Gasteiger partial charge in [0, 0.05) is 11.7 Å². The second-order valence-corrected chi connectivity index (χ2v) is 6.63. The number of nitrogens with zero attached hydrogens (tertiary/aromatic N) is 5. The Morgan fingerprint density at radius 1 is 1.14 bits per heavy atom. The first-order chi connectivity index (χ1) is 13.5. The number of hydrogen-bond donors (Lipinski definition) is 1. The zero-order valence-corrected chi connectivity index (χ0v) is 16.1. The van der Waals surface area contributed by atoms with Crippen LogP contribution in [0.5, 0.6) is 0 Å². The normalized spacial score (nSPS) is 13.0. The van der Waals surface area contributed by atoms with Gasteiger partial charge in [0.25, 0.3) is 0 Å². The summed E-state index contributed by atoms with van der Waals surface area (Å²) in [6, 6.07) is 16.6. The number of nitrogens with one attached hydrogen (secondary N) is 1. The summed E-state index contributed by atoms with van der Waals surface area (Å²) in [7, 11) is 1.93. The molecule has 3 rings (SSSR count). The number of aromatic nitrogens is 3. The number of hydrogen-bond acceptors (Lipinski definition) is 5. The van der Waals surface area contributed by atoms with E-state index in [1.54, 1.807) is 35.3 Å². The zero-order chi connectivity index (χ0) is 20.1. The number of anilines is 1. The molecule has 0 bridgehead atoms. The van der Waals surface area contributed by atoms with Gasteiger partial charge in [-0.25, -0.2) is 9.67 Å². The first-order valence-corrected chi connectivity index (χ1v) is 8.97. The Morgan fingerprint density at radius 2 is 1.82 bits per heavy atom. The first kappa shape index (κ1) is 19.3. The second kappa shape index (κ2) is 8.46. The van der Waals surface area contributed by atoms with Gasteiger partial charge in [0.1, 0.15) is 12.7 Å². The SMILES string of the molecule is C[C@H](C(=O)Nc1ccc(C#N)cc1)N(C)[C@H](C)c1ccc(-n2cncn2)cc1. The summed E-state index contributed by atoms with van der Waals surface area (Å²) in [5.74, 6) is -0.0988. The van der Waals surface area contributed by atoms with Crippen molar-refractivity contribution in [2.45, 2.75) is 25.9 Å². The van der Waals surface area contributed by atoms with Crippen molar-refractivity contribution in [3.8, 4) is 11.8 Å². The summed E-state index contributed by atoms with van der Waals surface area (Å²) >= 11 is 0. The molecular formula is C21H22N6O. The van der Waals surface area contributed by atoms with Crippen LogP contribution in [0.2, 0.25) is 0 Å². The fourth-order valence-corrected chi connectivity index (χ4v) is 2.88. The van der Waals surface area contributed by atoms with Crippen LogP contribution in [-0.4, -0.2) is 38.7 Å². The van der Waals surface area contributed by atoms with Gasteiger partial charge in [-0.2, -0.15) is 10.4 Å². The van der Waals surface area contributed by atoms with Gasteiger partial charge in [0.2, 0.25) is 5.91 Å². The Balaban J connectivity index is 1.65. The van der Waals surface area contributed by atoms with Crippen molar-refractivity contribution >= 4 is 11.6 Å².